The minimum atomic E-state index is -4.21. The van der Waals surface area contributed by atoms with Gasteiger partial charge in [-0.15, -0.1) is 0 Å². The molecule has 0 unspecified atom stereocenters. The number of hydrogen-bond donors (Lipinski definition) is 1. The monoisotopic (exact) mass is 450 g/mol. The maximum Gasteiger partial charge on any atom is 0.269 e. The van der Waals surface area contributed by atoms with E-state index >= 15 is 0 Å². The van der Waals surface area contributed by atoms with Crippen LogP contribution in [-0.2, 0) is 10.0 Å². The summed E-state index contributed by atoms with van der Waals surface area (Å²) in [6, 6.07) is 18.1. The Morgan fingerprint density at radius 1 is 0.781 bits per heavy atom. The minimum absolute atomic E-state index is 0.0162. The van der Waals surface area contributed by atoms with Crippen LogP contribution in [0, 0.1) is 10.1 Å². The second-order valence-corrected chi connectivity index (χ2v) is 8.36. The van der Waals surface area contributed by atoms with Gasteiger partial charge in [-0.1, -0.05) is 42.5 Å². The molecule has 0 heterocycles. The number of ether oxygens (including phenoxy) is 1. The third kappa shape index (κ3) is 3.86. The van der Waals surface area contributed by atoms with Crippen LogP contribution in [0.25, 0.3) is 0 Å². The van der Waals surface area contributed by atoms with E-state index < -0.39 is 38.0 Å². The van der Waals surface area contributed by atoms with Crippen LogP contribution in [-0.4, -0.2) is 24.9 Å². The van der Waals surface area contributed by atoms with E-state index in [4.69, 9.17) is 4.74 Å². The van der Waals surface area contributed by atoms with E-state index in [1.165, 1.54) is 48.5 Å². The van der Waals surface area contributed by atoms with Crippen molar-refractivity contribution < 1.29 is 27.7 Å². The van der Waals surface area contributed by atoms with E-state index in [0.717, 1.165) is 12.1 Å². The van der Waals surface area contributed by atoms with E-state index in [2.05, 4.69) is 4.72 Å². The first-order valence-corrected chi connectivity index (χ1v) is 10.7. The van der Waals surface area contributed by atoms with Gasteiger partial charge in [-0.2, -0.15) is 0 Å². The molecule has 0 fully saturated rings. The quantitative estimate of drug-likeness (QED) is 0.450. The van der Waals surface area contributed by atoms with Gasteiger partial charge in [0.05, 0.1) is 9.82 Å². The predicted octanol–water partition coefficient (Wildman–Crippen LogP) is 3.24. The highest BCUT2D eigenvalue weighted by atomic mass is 32.2. The summed E-state index contributed by atoms with van der Waals surface area (Å²) in [5, 5.41) is 10.9. The molecule has 1 aliphatic rings. The first-order valence-electron chi connectivity index (χ1n) is 9.21. The van der Waals surface area contributed by atoms with Crippen molar-refractivity contribution in [3.63, 3.8) is 0 Å². The molecule has 3 aromatic carbocycles. The molecule has 0 saturated carbocycles. The summed E-state index contributed by atoms with van der Waals surface area (Å²) in [4.78, 5) is 36.4. The van der Waals surface area contributed by atoms with Gasteiger partial charge in [-0.25, -0.2) is 8.42 Å². The second kappa shape index (κ2) is 8.08. The molecular formula is C22H14N2O7S. The lowest BCUT2D eigenvalue weighted by Gasteiger charge is -2.21. The summed E-state index contributed by atoms with van der Waals surface area (Å²) >= 11 is 0. The van der Waals surface area contributed by atoms with Crippen LogP contribution in [0.3, 0.4) is 0 Å². The van der Waals surface area contributed by atoms with Crippen molar-refractivity contribution in [3.8, 4) is 5.75 Å². The fraction of sp³-hybridized carbons (Fsp3) is 0. The van der Waals surface area contributed by atoms with Crippen molar-refractivity contribution in [2.24, 2.45) is 0 Å². The highest BCUT2D eigenvalue weighted by Gasteiger charge is 2.36. The lowest BCUT2D eigenvalue weighted by atomic mass is 9.91. The Bertz CT molecular complexity index is 1380. The Kier molecular flexibility index (Phi) is 5.29. The average molecular weight is 450 g/mol. The SMILES string of the molecule is O=C1C(NS(=O)(=O)c2ccccc2)=C(Oc2ccc([N+](=O)[O-])cc2)C(=O)c2ccccc21. The summed E-state index contributed by atoms with van der Waals surface area (Å²) in [5.41, 5.74) is -0.667. The van der Waals surface area contributed by atoms with Crippen molar-refractivity contribution in [2.75, 3.05) is 0 Å². The van der Waals surface area contributed by atoms with E-state index in [0.29, 0.717) is 0 Å². The first kappa shape index (κ1) is 20.9. The molecule has 1 aliphatic carbocycles. The average Bonchev–Trinajstić information content (AvgIpc) is 2.80. The number of allylic oxidation sites excluding steroid dienone is 2. The largest absolute Gasteiger partial charge is 0.451 e. The number of benzene rings is 3. The van der Waals surface area contributed by atoms with Gasteiger partial charge in [0.1, 0.15) is 11.4 Å². The van der Waals surface area contributed by atoms with Crippen LogP contribution < -0.4 is 9.46 Å². The van der Waals surface area contributed by atoms with Gasteiger partial charge in [0.25, 0.3) is 15.7 Å². The number of carbonyl (C=O) groups is 2. The topological polar surface area (TPSA) is 133 Å². The number of nitro benzene ring substituents is 1. The zero-order valence-electron chi connectivity index (χ0n) is 16.2. The normalized spacial score (nSPS) is 13.5. The Labute approximate surface area is 182 Å². The third-order valence-corrected chi connectivity index (χ3v) is 6.00. The lowest BCUT2D eigenvalue weighted by Crippen LogP contribution is -2.35. The zero-order chi connectivity index (χ0) is 22.9. The van der Waals surface area contributed by atoms with E-state index in [1.807, 2.05) is 0 Å². The van der Waals surface area contributed by atoms with Crippen molar-refractivity contribution >= 4 is 27.3 Å². The molecular weight excluding hydrogens is 436 g/mol. The smallest absolute Gasteiger partial charge is 0.269 e. The molecule has 10 heteroatoms. The van der Waals surface area contributed by atoms with Crippen LogP contribution >= 0.6 is 0 Å². The van der Waals surface area contributed by atoms with Crippen molar-refractivity contribution in [3.05, 3.63) is 112 Å². The molecule has 0 radical (unpaired) electrons. The number of sulfonamides is 1. The van der Waals surface area contributed by atoms with Gasteiger partial charge in [0.2, 0.25) is 17.3 Å². The Morgan fingerprint density at radius 3 is 1.94 bits per heavy atom. The number of nitrogens with zero attached hydrogens (tertiary/aromatic N) is 1. The van der Waals surface area contributed by atoms with Crippen LogP contribution in [0.1, 0.15) is 20.7 Å². The van der Waals surface area contributed by atoms with Gasteiger partial charge in [0.15, 0.2) is 0 Å². The highest BCUT2D eigenvalue weighted by molar-refractivity contribution is 7.89. The molecule has 0 bridgehead atoms. The molecule has 9 nitrogen and oxygen atoms in total. The first-order chi connectivity index (χ1) is 15.3. The van der Waals surface area contributed by atoms with Crippen LogP contribution in [0.2, 0.25) is 0 Å². The standard InChI is InChI=1S/C22H14N2O7S/c25-20-17-8-4-5-9-18(17)21(26)22(31-15-12-10-14(11-13-15)24(27)28)19(20)23-32(29,30)16-6-2-1-3-7-16/h1-13,23H. The fourth-order valence-corrected chi connectivity index (χ4v) is 4.18. The molecule has 0 saturated heterocycles. The van der Waals surface area contributed by atoms with E-state index in [9.17, 15) is 28.1 Å². The van der Waals surface area contributed by atoms with Crippen LogP contribution in [0.4, 0.5) is 5.69 Å². The zero-order valence-corrected chi connectivity index (χ0v) is 17.0. The maximum absolute atomic E-state index is 13.1. The molecule has 160 valence electrons. The molecule has 0 aliphatic heterocycles. The number of hydrogen-bond acceptors (Lipinski definition) is 7. The van der Waals surface area contributed by atoms with Crippen LogP contribution in [0.5, 0.6) is 5.75 Å². The van der Waals surface area contributed by atoms with Gasteiger partial charge in [-0.3, -0.25) is 24.4 Å². The molecule has 0 atom stereocenters. The minimum Gasteiger partial charge on any atom is -0.451 e. The van der Waals surface area contributed by atoms with Crippen LogP contribution in [0.15, 0.2) is 95.2 Å². The molecule has 3 aromatic rings. The number of fused-ring (bicyclic) bond motifs is 1. The molecule has 1 N–H and O–H groups in total. The predicted molar refractivity (Wildman–Crippen MR) is 113 cm³/mol. The Hall–Kier alpha value is -4.31. The van der Waals surface area contributed by atoms with Gasteiger partial charge >= 0.3 is 0 Å². The number of carbonyl (C=O) groups excluding carboxylic acids is 2. The summed E-state index contributed by atoms with van der Waals surface area (Å²) < 4.78 is 33.5. The summed E-state index contributed by atoms with van der Waals surface area (Å²) in [6.07, 6.45) is 0. The summed E-state index contributed by atoms with van der Waals surface area (Å²) in [5.74, 6) is -1.95. The lowest BCUT2D eigenvalue weighted by molar-refractivity contribution is -0.384. The number of ketones is 2. The molecule has 32 heavy (non-hydrogen) atoms. The Balaban J connectivity index is 1.81. The van der Waals surface area contributed by atoms with Gasteiger partial charge < -0.3 is 4.74 Å². The molecule has 4 rings (SSSR count). The summed E-state index contributed by atoms with van der Waals surface area (Å²) in [7, 11) is -4.21. The highest BCUT2D eigenvalue weighted by Crippen LogP contribution is 2.29. The molecule has 0 aromatic heterocycles. The fourth-order valence-electron chi connectivity index (χ4n) is 3.09. The van der Waals surface area contributed by atoms with Crippen molar-refractivity contribution in [2.45, 2.75) is 4.90 Å². The summed E-state index contributed by atoms with van der Waals surface area (Å²) in [6.45, 7) is 0. The maximum atomic E-state index is 13.1. The number of rotatable bonds is 6. The molecule has 0 spiro atoms. The number of non-ortho nitro benzene ring substituents is 1. The van der Waals surface area contributed by atoms with Crippen molar-refractivity contribution in [1.82, 2.24) is 4.72 Å². The van der Waals surface area contributed by atoms with Gasteiger partial charge in [0, 0.05) is 23.3 Å². The molecule has 0 amide bonds. The second-order valence-electron chi connectivity index (χ2n) is 6.68. The Morgan fingerprint density at radius 2 is 1.34 bits per heavy atom. The number of nitro groups is 1. The van der Waals surface area contributed by atoms with E-state index in [-0.39, 0.29) is 27.5 Å². The number of nitrogens with one attached hydrogen (secondary N) is 1. The van der Waals surface area contributed by atoms with E-state index in [1.54, 1.807) is 18.2 Å². The number of Topliss-reactive ketones (excluding diaryl/α,β-unsaturated/α-hetero) is 2. The third-order valence-electron chi connectivity index (χ3n) is 4.63. The van der Waals surface area contributed by atoms with Crippen molar-refractivity contribution in [1.29, 1.82) is 0 Å². The van der Waals surface area contributed by atoms with Gasteiger partial charge in [-0.05, 0) is 24.3 Å².